The van der Waals surface area contributed by atoms with Gasteiger partial charge in [0.2, 0.25) is 0 Å². The van der Waals surface area contributed by atoms with Gasteiger partial charge in [-0.3, -0.25) is 4.40 Å². The van der Waals surface area contributed by atoms with E-state index in [9.17, 15) is 0 Å². The number of fused-ring (bicyclic) bond motifs is 1. The zero-order valence-corrected chi connectivity index (χ0v) is 13.4. The van der Waals surface area contributed by atoms with Gasteiger partial charge in [0.1, 0.15) is 0 Å². The van der Waals surface area contributed by atoms with Gasteiger partial charge in [-0.15, -0.1) is 11.3 Å². The summed E-state index contributed by atoms with van der Waals surface area (Å²) < 4.78 is 8.09. The molecule has 1 saturated heterocycles. The number of hydrogen-bond acceptors (Lipinski definition) is 4. The lowest BCUT2D eigenvalue weighted by Gasteiger charge is -2.28. The van der Waals surface area contributed by atoms with Crippen LogP contribution in [0.15, 0.2) is 17.8 Å². The molecule has 0 radical (unpaired) electrons. The van der Waals surface area contributed by atoms with Crippen LogP contribution in [0.25, 0.3) is 4.96 Å². The van der Waals surface area contributed by atoms with Crippen LogP contribution in [0.4, 0.5) is 0 Å². The summed E-state index contributed by atoms with van der Waals surface area (Å²) in [5.74, 6) is 1.11. The lowest BCUT2D eigenvalue weighted by molar-refractivity contribution is 0.0478. The Kier molecular flexibility index (Phi) is 3.84. The quantitative estimate of drug-likeness (QED) is 0.941. The largest absolute Gasteiger partial charge is 0.375 e. The summed E-state index contributed by atoms with van der Waals surface area (Å²) in [6, 6.07) is 0.412. The predicted octanol–water partition coefficient (Wildman–Crippen LogP) is 2.59. The first-order chi connectivity index (χ1) is 9.60. The number of rotatable bonds is 4. The van der Waals surface area contributed by atoms with Gasteiger partial charge in [0, 0.05) is 36.2 Å². The van der Waals surface area contributed by atoms with Crippen LogP contribution < -0.4 is 5.32 Å². The molecule has 0 amide bonds. The number of likely N-dealkylation sites (N-methyl/N-ethyl adjacent to an activating group) is 1. The normalized spacial score (nSPS) is 32.0. The third-order valence-corrected chi connectivity index (χ3v) is 5.50. The van der Waals surface area contributed by atoms with Crippen molar-refractivity contribution in [1.29, 1.82) is 0 Å². The third-order valence-electron chi connectivity index (χ3n) is 4.73. The van der Waals surface area contributed by atoms with Crippen LogP contribution in [0.5, 0.6) is 0 Å². The lowest BCUT2D eigenvalue weighted by Crippen LogP contribution is -2.41. The molecule has 20 heavy (non-hydrogen) atoms. The van der Waals surface area contributed by atoms with Gasteiger partial charge in [-0.05, 0) is 26.8 Å². The van der Waals surface area contributed by atoms with Crippen LogP contribution in [-0.2, 0) is 11.2 Å². The van der Waals surface area contributed by atoms with Crippen LogP contribution in [-0.4, -0.2) is 34.7 Å². The molecule has 1 aliphatic rings. The van der Waals surface area contributed by atoms with Crippen molar-refractivity contribution < 1.29 is 4.74 Å². The summed E-state index contributed by atoms with van der Waals surface area (Å²) in [5, 5.41) is 5.55. The average Bonchev–Trinajstić information content (AvgIpc) is 3.03. The monoisotopic (exact) mass is 293 g/mol. The number of nitrogens with one attached hydrogen (secondary N) is 1. The minimum absolute atomic E-state index is 0.307. The van der Waals surface area contributed by atoms with E-state index >= 15 is 0 Å². The number of hydrogen-bond donors (Lipinski definition) is 1. The summed E-state index contributed by atoms with van der Waals surface area (Å²) in [4.78, 5) is 5.78. The van der Waals surface area contributed by atoms with E-state index in [2.05, 4.69) is 48.3 Å². The van der Waals surface area contributed by atoms with Gasteiger partial charge >= 0.3 is 0 Å². The van der Waals surface area contributed by atoms with Gasteiger partial charge in [-0.1, -0.05) is 6.92 Å². The fourth-order valence-electron chi connectivity index (χ4n) is 3.52. The number of ether oxygens (including phenoxy) is 1. The summed E-state index contributed by atoms with van der Waals surface area (Å²) in [7, 11) is 2.05. The number of aromatic nitrogens is 2. The Labute approximate surface area is 124 Å². The van der Waals surface area contributed by atoms with Crippen LogP contribution in [0.2, 0.25) is 0 Å². The van der Waals surface area contributed by atoms with Crippen LogP contribution in [0, 0.1) is 11.8 Å². The molecule has 3 heterocycles. The van der Waals surface area contributed by atoms with Gasteiger partial charge in [0.25, 0.3) is 0 Å². The molecule has 0 aliphatic carbocycles. The van der Waals surface area contributed by atoms with E-state index in [0.717, 1.165) is 17.1 Å². The second kappa shape index (κ2) is 5.47. The topological polar surface area (TPSA) is 38.6 Å². The van der Waals surface area contributed by atoms with Crippen molar-refractivity contribution in [3.63, 3.8) is 0 Å². The van der Waals surface area contributed by atoms with Crippen molar-refractivity contribution in [2.45, 2.75) is 45.4 Å². The molecule has 5 heteroatoms. The minimum Gasteiger partial charge on any atom is -0.375 e. The first-order valence-corrected chi connectivity index (χ1v) is 8.22. The number of nitrogens with zero attached hydrogens (tertiary/aromatic N) is 2. The molecule has 0 spiro atoms. The highest BCUT2D eigenvalue weighted by atomic mass is 32.1. The second-order valence-electron chi connectivity index (χ2n) is 5.91. The van der Waals surface area contributed by atoms with E-state index in [0.29, 0.717) is 30.1 Å². The van der Waals surface area contributed by atoms with Crippen LogP contribution in [0.3, 0.4) is 0 Å². The fraction of sp³-hybridized carbons (Fsp3) is 0.667. The Bertz CT molecular complexity index is 550. The Balaban J connectivity index is 1.78. The van der Waals surface area contributed by atoms with E-state index in [-0.39, 0.29) is 0 Å². The van der Waals surface area contributed by atoms with E-state index in [1.165, 1.54) is 0 Å². The summed E-state index contributed by atoms with van der Waals surface area (Å²) >= 11 is 1.68. The van der Waals surface area contributed by atoms with Gasteiger partial charge in [-0.2, -0.15) is 0 Å². The molecule has 3 rings (SSSR count). The average molecular weight is 293 g/mol. The second-order valence-corrected chi connectivity index (χ2v) is 6.78. The summed E-state index contributed by atoms with van der Waals surface area (Å²) in [6.45, 7) is 6.68. The van der Waals surface area contributed by atoms with E-state index in [1.807, 2.05) is 7.05 Å². The summed E-state index contributed by atoms with van der Waals surface area (Å²) in [5.41, 5.74) is 1.16. The molecular weight excluding hydrogens is 270 g/mol. The molecule has 1 N–H and O–H groups in total. The van der Waals surface area contributed by atoms with Crippen molar-refractivity contribution in [2.24, 2.45) is 11.8 Å². The maximum absolute atomic E-state index is 5.99. The fourth-order valence-corrected chi connectivity index (χ4v) is 4.24. The molecule has 2 aromatic rings. The SMILES string of the molecule is CNC(Cc1cn2ccsc2n1)C1C(C)OC(C)C1C. The van der Waals surface area contributed by atoms with Gasteiger partial charge in [0.15, 0.2) is 4.96 Å². The molecule has 2 aromatic heterocycles. The molecule has 110 valence electrons. The Morgan fingerprint density at radius 3 is 2.80 bits per heavy atom. The minimum atomic E-state index is 0.307. The molecule has 1 fully saturated rings. The van der Waals surface area contributed by atoms with Crippen LogP contribution in [0.1, 0.15) is 26.5 Å². The van der Waals surface area contributed by atoms with Gasteiger partial charge < -0.3 is 10.1 Å². The Hall–Kier alpha value is -0.910. The first-order valence-electron chi connectivity index (χ1n) is 7.34. The van der Waals surface area contributed by atoms with Gasteiger partial charge in [-0.25, -0.2) is 4.98 Å². The highest BCUT2D eigenvalue weighted by molar-refractivity contribution is 7.15. The number of imidazole rings is 1. The molecule has 4 nitrogen and oxygen atoms in total. The molecular formula is C15H23N3OS. The maximum Gasteiger partial charge on any atom is 0.193 e. The molecule has 5 unspecified atom stereocenters. The van der Waals surface area contributed by atoms with Crippen LogP contribution >= 0.6 is 11.3 Å². The molecule has 0 saturated carbocycles. The van der Waals surface area contributed by atoms with E-state index in [4.69, 9.17) is 9.72 Å². The van der Waals surface area contributed by atoms with Gasteiger partial charge in [0.05, 0.1) is 17.9 Å². The molecule has 0 aromatic carbocycles. The van der Waals surface area contributed by atoms with Crippen molar-refractivity contribution >= 4 is 16.3 Å². The Morgan fingerprint density at radius 2 is 2.20 bits per heavy atom. The standard InChI is InChI=1S/C15H23N3OS/c1-9-10(2)19-11(3)14(9)13(16-4)7-12-8-18-5-6-20-15(18)17-12/h5-6,8-11,13-14,16H,7H2,1-4H3. The zero-order valence-electron chi connectivity index (χ0n) is 12.5. The van der Waals surface area contributed by atoms with Crippen molar-refractivity contribution in [3.05, 3.63) is 23.5 Å². The van der Waals surface area contributed by atoms with Crippen molar-refractivity contribution in [1.82, 2.24) is 14.7 Å². The lowest BCUT2D eigenvalue weighted by atomic mass is 9.82. The molecule has 1 aliphatic heterocycles. The first kappa shape index (κ1) is 14.0. The zero-order chi connectivity index (χ0) is 14.3. The molecule has 0 bridgehead atoms. The molecule has 5 atom stereocenters. The van der Waals surface area contributed by atoms with Crippen molar-refractivity contribution in [2.75, 3.05) is 7.05 Å². The third kappa shape index (κ3) is 2.38. The highest BCUT2D eigenvalue weighted by Crippen LogP contribution is 2.35. The predicted molar refractivity (Wildman–Crippen MR) is 82.3 cm³/mol. The smallest absolute Gasteiger partial charge is 0.193 e. The Morgan fingerprint density at radius 1 is 1.40 bits per heavy atom. The van der Waals surface area contributed by atoms with E-state index in [1.54, 1.807) is 11.3 Å². The maximum atomic E-state index is 5.99. The highest BCUT2D eigenvalue weighted by Gasteiger charge is 2.41. The van der Waals surface area contributed by atoms with Crippen molar-refractivity contribution in [3.8, 4) is 0 Å². The summed E-state index contributed by atoms with van der Waals surface area (Å²) in [6.07, 6.45) is 5.82. The van der Waals surface area contributed by atoms with E-state index < -0.39 is 0 Å². The number of thiazole rings is 1.